The average molecular weight is 222 g/mol. The molecule has 0 radical (unpaired) electrons. The zero-order chi connectivity index (χ0) is 11.6. The standard InChI is InChI=1S/C12H18N2S/c1-8(2)14(4)11-6-5-10(12(13)15)7-9(11)3/h5-8H,1-4H3,(H2,13,15). The van der Waals surface area contributed by atoms with Crippen LogP contribution in [0.1, 0.15) is 25.0 Å². The maximum atomic E-state index is 5.59. The first kappa shape index (κ1) is 12.0. The molecule has 1 aromatic rings. The Morgan fingerprint density at radius 1 is 1.40 bits per heavy atom. The first-order valence-corrected chi connectivity index (χ1v) is 5.47. The molecule has 0 spiro atoms. The summed E-state index contributed by atoms with van der Waals surface area (Å²) in [4.78, 5) is 2.69. The second-order valence-corrected chi connectivity index (χ2v) is 4.51. The summed E-state index contributed by atoms with van der Waals surface area (Å²) in [5.41, 5.74) is 8.95. The van der Waals surface area contributed by atoms with E-state index in [9.17, 15) is 0 Å². The van der Waals surface area contributed by atoms with Crippen LogP contribution in [0.5, 0.6) is 0 Å². The van der Waals surface area contributed by atoms with Crippen LogP contribution in [-0.2, 0) is 0 Å². The summed E-state index contributed by atoms with van der Waals surface area (Å²) in [6, 6.07) is 6.57. The number of hydrogen-bond donors (Lipinski definition) is 1. The SMILES string of the molecule is Cc1cc(C(N)=S)ccc1N(C)C(C)C. The van der Waals surface area contributed by atoms with Crippen LogP contribution >= 0.6 is 12.2 Å². The lowest BCUT2D eigenvalue weighted by molar-refractivity contribution is 0.752. The number of anilines is 1. The Bertz CT molecular complexity index is 372. The normalized spacial score (nSPS) is 10.5. The molecule has 0 aliphatic heterocycles. The van der Waals surface area contributed by atoms with Gasteiger partial charge in [0.2, 0.25) is 0 Å². The van der Waals surface area contributed by atoms with E-state index < -0.39 is 0 Å². The van der Waals surface area contributed by atoms with E-state index in [0.29, 0.717) is 11.0 Å². The maximum absolute atomic E-state index is 5.59. The molecular formula is C12H18N2S. The lowest BCUT2D eigenvalue weighted by Gasteiger charge is -2.25. The fraction of sp³-hybridized carbons (Fsp3) is 0.417. The van der Waals surface area contributed by atoms with Crippen molar-refractivity contribution in [2.75, 3.05) is 11.9 Å². The van der Waals surface area contributed by atoms with Crippen molar-refractivity contribution in [1.82, 2.24) is 0 Å². The van der Waals surface area contributed by atoms with E-state index in [1.807, 2.05) is 12.1 Å². The highest BCUT2D eigenvalue weighted by Gasteiger charge is 2.08. The van der Waals surface area contributed by atoms with Gasteiger partial charge in [-0.2, -0.15) is 0 Å². The Kier molecular flexibility index (Phi) is 3.69. The summed E-state index contributed by atoms with van der Waals surface area (Å²) in [5, 5.41) is 0. The van der Waals surface area contributed by atoms with E-state index in [2.05, 4.69) is 38.8 Å². The number of rotatable bonds is 3. The zero-order valence-corrected chi connectivity index (χ0v) is 10.6. The van der Waals surface area contributed by atoms with E-state index in [1.165, 1.54) is 11.3 Å². The van der Waals surface area contributed by atoms with E-state index in [-0.39, 0.29) is 0 Å². The maximum Gasteiger partial charge on any atom is 0.103 e. The summed E-state index contributed by atoms with van der Waals surface area (Å²) in [5.74, 6) is 0. The molecule has 0 unspecified atom stereocenters. The van der Waals surface area contributed by atoms with Gasteiger partial charge < -0.3 is 10.6 Å². The van der Waals surface area contributed by atoms with Crippen LogP contribution in [0.4, 0.5) is 5.69 Å². The second kappa shape index (κ2) is 4.62. The lowest BCUT2D eigenvalue weighted by atomic mass is 10.1. The van der Waals surface area contributed by atoms with Gasteiger partial charge in [0.05, 0.1) is 0 Å². The van der Waals surface area contributed by atoms with Crippen LogP contribution in [0.2, 0.25) is 0 Å². The first-order valence-electron chi connectivity index (χ1n) is 5.06. The van der Waals surface area contributed by atoms with Crippen molar-refractivity contribution in [3.8, 4) is 0 Å². The van der Waals surface area contributed by atoms with Gasteiger partial charge in [-0.3, -0.25) is 0 Å². The van der Waals surface area contributed by atoms with E-state index in [4.69, 9.17) is 18.0 Å². The summed E-state index contributed by atoms with van der Waals surface area (Å²) in [6.45, 7) is 6.41. The Labute approximate surface area is 97.1 Å². The Balaban J connectivity index is 3.08. The molecule has 0 heterocycles. The van der Waals surface area contributed by atoms with Gasteiger partial charge in [0.1, 0.15) is 4.99 Å². The third-order valence-electron chi connectivity index (χ3n) is 2.64. The zero-order valence-electron chi connectivity index (χ0n) is 9.74. The monoisotopic (exact) mass is 222 g/mol. The van der Waals surface area contributed by atoms with Crippen LogP contribution in [0.3, 0.4) is 0 Å². The predicted octanol–water partition coefficient (Wildman–Crippen LogP) is 2.47. The fourth-order valence-electron chi connectivity index (χ4n) is 1.48. The predicted molar refractivity (Wildman–Crippen MR) is 70.6 cm³/mol. The van der Waals surface area contributed by atoms with Crippen LogP contribution < -0.4 is 10.6 Å². The van der Waals surface area contributed by atoms with Crippen LogP contribution in [0.15, 0.2) is 18.2 Å². The molecule has 3 heteroatoms. The summed E-state index contributed by atoms with van der Waals surface area (Å²) in [6.07, 6.45) is 0. The van der Waals surface area contributed by atoms with Crippen molar-refractivity contribution in [1.29, 1.82) is 0 Å². The topological polar surface area (TPSA) is 29.3 Å². The van der Waals surface area contributed by atoms with Crippen LogP contribution in [0.25, 0.3) is 0 Å². The van der Waals surface area contributed by atoms with Gasteiger partial charge in [-0.15, -0.1) is 0 Å². The fourth-order valence-corrected chi connectivity index (χ4v) is 1.61. The Hall–Kier alpha value is -1.09. The number of nitrogens with zero attached hydrogens (tertiary/aromatic N) is 1. The van der Waals surface area contributed by atoms with Crippen LogP contribution in [-0.4, -0.2) is 18.1 Å². The molecular weight excluding hydrogens is 204 g/mol. The van der Waals surface area contributed by atoms with E-state index in [0.717, 1.165) is 5.56 Å². The van der Waals surface area contributed by atoms with Gasteiger partial charge in [-0.1, -0.05) is 12.2 Å². The third kappa shape index (κ3) is 2.69. The molecule has 82 valence electrons. The van der Waals surface area contributed by atoms with Gasteiger partial charge in [0.25, 0.3) is 0 Å². The molecule has 0 bridgehead atoms. The van der Waals surface area contributed by atoms with Crippen molar-refractivity contribution in [2.45, 2.75) is 26.8 Å². The van der Waals surface area contributed by atoms with Gasteiger partial charge in [0.15, 0.2) is 0 Å². The quantitative estimate of drug-likeness (QED) is 0.797. The van der Waals surface area contributed by atoms with Crippen molar-refractivity contribution in [2.24, 2.45) is 5.73 Å². The minimum absolute atomic E-state index is 0.455. The molecule has 0 aliphatic rings. The Morgan fingerprint density at radius 3 is 2.40 bits per heavy atom. The third-order valence-corrected chi connectivity index (χ3v) is 2.87. The molecule has 1 aromatic carbocycles. The number of hydrogen-bond acceptors (Lipinski definition) is 2. The largest absolute Gasteiger partial charge is 0.389 e. The summed E-state index contributed by atoms with van der Waals surface area (Å²) < 4.78 is 0. The molecule has 0 atom stereocenters. The van der Waals surface area contributed by atoms with Gasteiger partial charge in [-0.25, -0.2) is 0 Å². The minimum atomic E-state index is 0.455. The Morgan fingerprint density at radius 2 is 2.00 bits per heavy atom. The number of thiocarbonyl (C=S) groups is 1. The summed E-state index contributed by atoms with van der Waals surface area (Å²) in [7, 11) is 2.09. The molecule has 0 saturated carbocycles. The van der Waals surface area contributed by atoms with Gasteiger partial charge in [-0.05, 0) is 44.5 Å². The molecule has 0 saturated heterocycles. The van der Waals surface area contributed by atoms with Gasteiger partial charge >= 0.3 is 0 Å². The number of aryl methyl sites for hydroxylation is 1. The smallest absolute Gasteiger partial charge is 0.103 e. The molecule has 0 amide bonds. The molecule has 0 aliphatic carbocycles. The van der Waals surface area contributed by atoms with Crippen molar-refractivity contribution in [3.05, 3.63) is 29.3 Å². The molecule has 2 nitrogen and oxygen atoms in total. The summed E-state index contributed by atoms with van der Waals surface area (Å²) >= 11 is 4.95. The van der Waals surface area contributed by atoms with Gasteiger partial charge in [0, 0.05) is 24.3 Å². The highest BCUT2D eigenvalue weighted by molar-refractivity contribution is 7.80. The highest BCUT2D eigenvalue weighted by Crippen LogP contribution is 2.21. The van der Waals surface area contributed by atoms with Crippen molar-refractivity contribution >= 4 is 22.9 Å². The number of nitrogens with two attached hydrogens (primary N) is 1. The lowest BCUT2D eigenvalue weighted by Crippen LogP contribution is -2.26. The second-order valence-electron chi connectivity index (χ2n) is 4.07. The number of benzene rings is 1. The van der Waals surface area contributed by atoms with Crippen LogP contribution in [0, 0.1) is 6.92 Å². The molecule has 0 aromatic heterocycles. The van der Waals surface area contributed by atoms with E-state index >= 15 is 0 Å². The highest BCUT2D eigenvalue weighted by atomic mass is 32.1. The molecule has 1 rings (SSSR count). The van der Waals surface area contributed by atoms with Crippen molar-refractivity contribution in [3.63, 3.8) is 0 Å². The molecule has 15 heavy (non-hydrogen) atoms. The van der Waals surface area contributed by atoms with E-state index in [1.54, 1.807) is 0 Å². The van der Waals surface area contributed by atoms with Crippen molar-refractivity contribution < 1.29 is 0 Å². The average Bonchev–Trinajstić information content (AvgIpc) is 2.16. The molecule has 2 N–H and O–H groups in total. The minimum Gasteiger partial charge on any atom is -0.389 e. The first-order chi connectivity index (χ1) is 6.93. The molecule has 0 fully saturated rings.